The Morgan fingerprint density at radius 1 is 1.36 bits per heavy atom. The molecule has 0 aromatic heterocycles. The molecule has 0 aliphatic carbocycles. The van der Waals surface area contributed by atoms with Crippen molar-refractivity contribution in [3.63, 3.8) is 0 Å². The molecule has 1 fully saturated rings. The van der Waals surface area contributed by atoms with Crippen LogP contribution >= 0.6 is 22.6 Å². The van der Waals surface area contributed by atoms with Crippen molar-refractivity contribution in [2.45, 2.75) is 63.5 Å². The molecule has 0 N–H and O–H groups in total. The Balaban J connectivity index is 2.73. The summed E-state index contributed by atoms with van der Waals surface area (Å²) in [7, 11) is 0. The van der Waals surface area contributed by atoms with Gasteiger partial charge in [-0.3, -0.25) is 4.90 Å². The molecule has 1 rings (SSSR count). The van der Waals surface area contributed by atoms with E-state index in [4.69, 9.17) is 0 Å². The third-order valence-electron chi connectivity index (χ3n) is 3.32. The van der Waals surface area contributed by atoms with Crippen LogP contribution in [0.2, 0.25) is 0 Å². The molecule has 1 atom stereocenters. The van der Waals surface area contributed by atoms with E-state index in [0.717, 1.165) is 6.04 Å². The van der Waals surface area contributed by atoms with Crippen LogP contribution in [0.3, 0.4) is 0 Å². The molecule has 1 unspecified atom stereocenters. The highest BCUT2D eigenvalue weighted by Gasteiger charge is 2.34. The zero-order valence-electron chi connectivity index (χ0n) is 10.2. The van der Waals surface area contributed by atoms with Gasteiger partial charge in [0.25, 0.3) is 0 Å². The van der Waals surface area contributed by atoms with Crippen LogP contribution in [0.25, 0.3) is 0 Å². The Kier molecular flexibility index (Phi) is 3.90. The van der Waals surface area contributed by atoms with Crippen LogP contribution < -0.4 is 0 Å². The van der Waals surface area contributed by atoms with E-state index in [-0.39, 0.29) is 0 Å². The lowest BCUT2D eigenvalue weighted by atomic mass is 9.83. The van der Waals surface area contributed by atoms with Crippen molar-refractivity contribution >= 4 is 22.6 Å². The summed E-state index contributed by atoms with van der Waals surface area (Å²) in [5.74, 6) is 0. The van der Waals surface area contributed by atoms with Gasteiger partial charge in [0.05, 0.1) is 3.55 Å². The Labute approximate surface area is 103 Å². The third kappa shape index (κ3) is 3.37. The summed E-state index contributed by atoms with van der Waals surface area (Å²) in [5, 5.41) is 0. The van der Waals surface area contributed by atoms with Crippen molar-refractivity contribution in [2.75, 3.05) is 6.54 Å². The van der Waals surface area contributed by atoms with E-state index in [1.54, 1.807) is 0 Å². The first-order valence-electron chi connectivity index (χ1n) is 5.68. The molecule has 1 nitrogen and oxygen atoms in total. The van der Waals surface area contributed by atoms with Gasteiger partial charge >= 0.3 is 0 Å². The SMILES string of the molecule is CC1CC(C)(C)CCCN1C(C)(C)I. The number of alkyl halides is 1. The average molecular weight is 309 g/mol. The smallest absolute Gasteiger partial charge is 0.0675 e. The van der Waals surface area contributed by atoms with Crippen LogP contribution in [0.4, 0.5) is 0 Å². The van der Waals surface area contributed by atoms with Gasteiger partial charge in [-0.15, -0.1) is 0 Å². The molecular formula is C12H24IN. The summed E-state index contributed by atoms with van der Waals surface area (Å²) in [5.41, 5.74) is 0.538. The van der Waals surface area contributed by atoms with Gasteiger partial charge in [-0.1, -0.05) is 36.4 Å². The zero-order chi connectivity index (χ0) is 11.0. The van der Waals surface area contributed by atoms with Gasteiger partial charge < -0.3 is 0 Å². The predicted octanol–water partition coefficient (Wildman–Crippen LogP) is 4.06. The maximum Gasteiger partial charge on any atom is 0.0675 e. The fraction of sp³-hybridized carbons (Fsp3) is 1.00. The number of halogens is 1. The molecule has 0 bridgehead atoms. The number of nitrogens with zero attached hydrogens (tertiary/aromatic N) is 1. The van der Waals surface area contributed by atoms with Gasteiger partial charge in [-0.05, 0) is 52.0 Å². The van der Waals surface area contributed by atoms with Crippen LogP contribution in [0.1, 0.15) is 53.9 Å². The Hall–Kier alpha value is 0.690. The predicted molar refractivity (Wildman–Crippen MR) is 71.9 cm³/mol. The molecule has 0 radical (unpaired) electrons. The monoisotopic (exact) mass is 309 g/mol. The van der Waals surface area contributed by atoms with E-state index >= 15 is 0 Å². The van der Waals surface area contributed by atoms with E-state index in [9.17, 15) is 0 Å². The number of likely N-dealkylation sites (tertiary alicyclic amines) is 1. The lowest BCUT2D eigenvalue weighted by Crippen LogP contribution is -2.45. The zero-order valence-corrected chi connectivity index (χ0v) is 12.4. The molecule has 1 heterocycles. The average Bonchev–Trinajstić information content (AvgIpc) is 2.05. The van der Waals surface area contributed by atoms with Crippen LogP contribution in [0.5, 0.6) is 0 Å². The molecule has 0 aromatic carbocycles. The standard InChI is InChI=1S/C12H24IN/c1-10-9-11(2,3)7-6-8-14(10)12(4,5)13/h10H,6-9H2,1-5H3. The van der Waals surface area contributed by atoms with Gasteiger partial charge in [0, 0.05) is 6.04 Å². The highest BCUT2D eigenvalue weighted by Crippen LogP contribution is 2.37. The first-order valence-corrected chi connectivity index (χ1v) is 6.76. The minimum atomic E-state index is 0.303. The summed E-state index contributed by atoms with van der Waals surface area (Å²) >= 11 is 2.57. The van der Waals surface area contributed by atoms with Gasteiger partial charge in [0.1, 0.15) is 0 Å². The molecule has 84 valence electrons. The van der Waals surface area contributed by atoms with Crippen molar-refractivity contribution in [3.05, 3.63) is 0 Å². The molecule has 0 spiro atoms. The second-order valence-corrected chi connectivity index (χ2v) is 8.56. The Bertz CT molecular complexity index is 193. The summed E-state index contributed by atoms with van der Waals surface area (Å²) < 4.78 is 0.303. The fourth-order valence-corrected chi connectivity index (χ4v) is 3.47. The first kappa shape index (κ1) is 12.8. The van der Waals surface area contributed by atoms with Crippen molar-refractivity contribution in [3.8, 4) is 0 Å². The second-order valence-electron chi connectivity index (χ2n) is 5.92. The van der Waals surface area contributed by atoms with Gasteiger partial charge in [0.2, 0.25) is 0 Å². The summed E-state index contributed by atoms with van der Waals surface area (Å²) in [6, 6.07) is 0.722. The maximum atomic E-state index is 2.66. The fourth-order valence-electron chi connectivity index (χ4n) is 2.75. The molecule has 1 aliphatic rings. The van der Waals surface area contributed by atoms with Gasteiger partial charge in [-0.25, -0.2) is 0 Å². The molecule has 0 aromatic rings. The van der Waals surface area contributed by atoms with Gasteiger partial charge in [-0.2, -0.15) is 0 Å². The number of hydrogen-bond donors (Lipinski definition) is 0. The second kappa shape index (κ2) is 4.28. The van der Waals surface area contributed by atoms with E-state index in [0.29, 0.717) is 8.96 Å². The van der Waals surface area contributed by atoms with Crippen molar-refractivity contribution in [2.24, 2.45) is 5.41 Å². The van der Waals surface area contributed by atoms with Crippen LogP contribution in [-0.2, 0) is 0 Å². The van der Waals surface area contributed by atoms with Crippen LogP contribution in [-0.4, -0.2) is 21.0 Å². The van der Waals surface area contributed by atoms with E-state index < -0.39 is 0 Å². The Morgan fingerprint density at radius 2 is 1.93 bits per heavy atom. The van der Waals surface area contributed by atoms with E-state index in [1.165, 1.54) is 25.8 Å². The van der Waals surface area contributed by atoms with Crippen molar-refractivity contribution in [1.29, 1.82) is 0 Å². The van der Waals surface area contributed by atoms with Gasteiger partial charge in [0.15, 0.2) is 0 Å². The van der Waals surface area contributed by atoms with E-state index in [2.05, 4.69) is 62.1 Å². The molecule has 0 saturated carbocycles. The normalized spacial score (nSPS) is 30.0. The topological polar surface area (TPSA) is 3.24 Å². The van der Waals surface area contributed by atoms with Crippen molar-refractivity contribution in [1.82, 2.24) is 4.90 Å². The van der Waals surface area contributed by atoms with Crippen LogP contribution in [0.15, 0.2) is 0 Å². The number of hydrogen-bond acceptors (Lipinski definition) is 1. The lowest BCUT2D eigenvalue weighted by Gasteiger charge is -2.38. The molecule has 0 amide bonds. The molecule has 14 heavy (non-hydrogen) atoms. The largest absolute Gasteiger partial charge is 0.287 e. The lowest BCUT2D eigenvalue weighted by molar-refractivity contribution is 0.142. The highest BCUT2D eigenvalue weighted by atomic mass is 127. The molecular weight excluding hydrogens is 285 g/mol. The Morgan fingerprint density at radius 3 is 2.43 bits per heavy atom. The first-order chi connectivity index (χ1) is 6.22. The summed E-state index contributed by atoms with van der Waals surface area (Å²) in [4.78, 5) is 2.66. The molecule has 1 saturated heterocycles. The summed E-state index contributed by atoms with van der Waals surface area (Å²) in [6.07, 6.45) is 4.06. The highest BCUT2D eigenvalue weighted by molar-refractivity contribution is 14.1. The van der Waals surface area contributed by atoms with E-state index in [1.807, 2.05) is 0 Å². The molecule has 1 aliphatic heterocycles. The van der Waals surface area contributed by atoms with Crippen molar-refractivity contribution < 1.29 is 0 Å². The minimum Gasteiger partial charge on any atom is -0.287 e. The minimum absolute atomic E-state index is 0.303. The third-order valence-corrected chi connectivity index (χ3v) is 3.94. The molecule has 2 heteroatoms. The van der Waals surface area contributed by atoms with Crippen LogP contribution in [0, 0.1) is 5.41 Å². The quantitative estimate of drug-likeness (QED) is 0.401. The number of rotatable bonds is 1. The maximum absolute atomic E-state index is 2.66. The summed E-state index contributed by atoms with van der Waals surface area (Å²) in [6.45, 7) is 13.1.